The number of imidazole rings is 1. The van der Waals surface area contributed by atoms with Crippen molar-refractivity contribution in [3.05, 3.63) is 63.0 Å². The van der Waals surface area contributed by atoms with Crippen molar-refractivity contribution in [1.82, 2.24) is 9.97 Å². The van der Waals surface area contributed by atoms with Crippen LogP contribution in [0.1, 0.15) is 10.4 Å². The fourth-order valence-electron chi connectivity index (χ4n) is 1.94. The number of halogens is 1. The van der Waals surface area contributed by atoms with E-state index in [2.05, 4.69) is 31.2 Å². The minimum atomic E-state index is -0.268. The van der Waals surface area contributed by atoms with E-state index < -0.39 is 0 Å². The molecule has 0 unspecified atom stereocenters. The molecule has 100 valence electrons. The lowest BCUT2D eigenvalue weighted by atomic mass is 10.2. The molecule has 0 saturated carbocycles. The van der Waals surface area contributed by atoms with Crippen LogP contribution in [0.2, 0.25) is 0 Å². The van der Waals surface area contributed by atoms with Crippen LogP contribution in [0.3, 0.4) is 0 Å². The van der Waals surface area contributed by atoms with E-state index in [0.29, 0.717) is 22.3 Å². The van der Waals surface area contributed by atoms with Crippen molar-refractivity contribution in [2.24, 2.45) is 0 Å². The number of H-pyrrole nitrogens is 2. The summed E-state index contributed by atoms with van der Waals surface area (Å²) in [5, 5.41) is 2.79. The zero-order valence-electron chi connectivity index (χ0n) is 10.2. The fourth-order valence-corrected chi connectivity index (χ4v) is 2.34. The zero-order valence-corrected chi connectivity index (χ0v) is 11.8. The number of nitrogens with one attached hydrogen (secondary N) is 3. The third kappa shape index (κ3) is 2.50. The number of hydrogen-bond donors (Lipinski definition) is 3. The van der Waals surface area contributed by atoms with Crippen LogP contribution in [-0.2, 0) is 0 Å². The van der Waals surface area contributed by atoms with Gasteiger partial charge in [0, 0.05) is 15.7 Å². The van der Waals surface area contributed by atoms with Gasteiger partial charge in [-0.3, -0.25) is 4.79 Å². The summed E-state index contributed by atoms with van der Waals surface area (Å²) >= 11 is 3.33. The Morgan fingerprint density at radius 3 is 2.65 bits per heavy atom. The average Bonchev–Trinajstić information content (AvgIpc) is 2.78. The number of amides is 1. The van der Waals surface area contributed by atoms with Crippen molar-refractivity contribution in [3.63, 3.8) is 0 Å². The lowest BCUT2D eigenvalue weighted by Crippen LogP contribution is -2.11. The normalized spacial score (nSPS) is 10.7. The van der Waals surface area contributed by atoms with Crippen LogP contribution in [0.5, 0.6) is 0 Å². The molecule has 0 aliphatic rings. The number of carbonyl (C=O) groups is 1. The third-order valence-corrected chi connectivity index (χ3v) is 3.35. The Kier molecular flexibility index (Phi) is 3.15. The summed E-state index contributed by atoms with van der Waals surface area (Å²) < 4.78 is 0.843. The van der Waals surface area contributed by atoms with Crippen molar-refractivity contribution in [1.29, 1.82) is 0 Å². The second-order valence-corrected chi connectivity index (χ2v) is 5.22. The molecule has 0 spiro atoms. The van der Waals surface area contributed by atoms with Crippen LogP contribution in [0, 0.1) is 0 Å². The molecule has 0 bridgehead atoms. The van der Waals surface area contributed by atoms with Crippen molar-refractivity contribution in [2.45, 2.75) is 0 Å². The summed E-state index contributed by atoms with van der Waals surface area (Å²) in [5.41, 5.74) is 2.27. The first-order valence-electron chi connectivity index (χ1n) is 5.91. The molecule has 20 heavy (non-hydrogen) atoms. The second-order valence-electron chi connectivity index (χ2n) is 4.30. The number of aromatic amines is 2. The van der Waals surface area contributed by atoms with Gasteiger partial charge in [-0.15, -0.1) is 0 Å². The van der Waals surface area contributed by atoms with Gasteiger partial charge in [-0.25, -0.2) is 4.79 Å². The van der Waals surface area contributed by atoms with E-state index in [1.165, 1.54) is 0 Å². The molecule has 5 nitrogen and oxygen atoms in total. The predicted molar refractivity (Wildman–Crippen MR) is 81.0 cm³/mol. The number of benzene rings is 2. The van der Waals surface area contributed by atoms with Gasteiger partial charge in [0.1, 0.15) is 0 Å². The molecule has 2 aromatic carbocycles. The van der Waals surface area contributed by atoms with Gasteiger partial charge in [0.2, 0.25) is 0 Å². The maximum absolute atomic E-state index is 12.1. The number of aromatic nitrogens is 2. The zero-order chi connectivity index (χ0) is 14.1. The molecule has 0 radical (unpaired) electrons. The lowest BCUT2D eigenvalue weighted by Gasteiger charge is -2.05. The number of rotatable bonds is 2. The standard InChI is InChI=1S/C14H10BrN3O2/c15-9-3-1-2-8(6-9)13(19)16-10-4-5-11-12(7-10)18-14(20)17-11/h1-7H,(H,16,19)(H2,17,18,20). The van der Waals surface area contributed by atoms with Crippen molar-refractivity contribution >= 4 is 38.6 Å². The molecule has 6 heteroatoms. The van der Waals surface area contributed by atoms with Gasteiger partial charge >= 0.3 is 5.69 Å². The molecule has 1 amide bonds. The monoisotopic (exact) mass is 331 g/mol. The van der Waals surface area contributed by atoms with E-state index in [-0.39, 0.29) is 11.6 Å². The molecule has 3 N–H and O–H groups in total. The number of carbonyl (C=O) groups excluding carboxylic acids is 1. The van der Waals surface area contributed by atoms with Gasteiger partial charge in [0.05, 0.1) is 11.0 Å². The van der Waals surface area contributed by atoms with Gasteiger partial charge in [-0.1, -0.05) is 22.0 Å². The van der Waals surface area contributed by atoms with Crippen LogP contribution in [-0.4, -0.2) is 15.9 Å². The predicted octanol–water partition coefficient (Wildman–Crippen LogP) is 2.87. The smallest absolute Gasteiger partial charge is 0.322 e. The Bertz CT molecular complexity index is 851. The van der Waals surface area contributed by atoms with Crippen LogP contribution < -0.4 is 11.0 Å². The van der Waals surface area contributed by atoms with E-state index in [1.807, 2.05) is 6.07 Å². The van der Waals surface area contributed by atoms with E-state index in [9.17, 15) is 9.59 Å². The summed E-state index contributed by atoms with van der Waals surface area (Å²) in [5.74, 6) is -0.205. The summed E-state index contributed by atoms with van der Waals surface area (Å²) in [6, 6.07) is 12.3. The highest BCUT2D eigenvalue weighted by Crippen LogP contribution is 2.17. The molecule has 1 aromatic heterocycles. The van der Waals surface area contributed by atoms with E-state index >= 15 is 0 Å². The molecule has 3 rings (SSSR count). The first-order chi connectivity index (χ1) is 9.61. The molecule has 0 aliphatic carbocycles. The minimum Gasteiger partial charge on any atom is -0.322 e. The Hall–Kier alpha value is -2.34. The maximum atomic E-state index is 12.1. The van der Waals surface area contributed by atoms with Crippen LogP contribution in [0.4, 0.5) is 5.69 Å². The van der Waals surface area contributed by atoms with Gasteiger partial charge in [-0.05, 0) is 36.4 Å². The number of fused-ring (bicyclic) bond motifs is 1. The Balaban J connectivity index is 1.88. The number of anilines is 1. The highest BCUT2D eigenvalue weighted by atomic mass is 79.9. The highest BCUT2D eigenvalue weighted by Gasteiger charge is 2.07. The summed E-state index contributed by atoms with van der Waals surface area (Å²) in [7, 11) is 0. The van der Waals surface area contributed by atoms with Gasteiger partial charge in [-0.2, -0.15) is 0 Å². The van der Waals surface area contributed by atoms with E-state index in [4.69, 9.17) is 0 Å². The Morgan fingerprint density at radius 2 is 1.85 bits per heavy atom. The number of hydrogen-bond acceptors (Lipinski definition) is 2. The Morgan fingerprint density at radius 1 is 1.05 bits per heavy atom. The largest absolute Gasteiger partial charge is 0.323 e. The quantitative estimate of drug-likeness (QED) is 0.675. The minimum absolute atomic E-state index is 0.205. The summed E-state index contributed by atoms with van der Waals surface area (Å²) in [4.78, 5) is 28.6. The Labute approximate surface area is 122 Å². The van der Waals surface area contributed by atoms with E-state index in [1.54, 1.807) is 36.4 Å². The third-order valence-electron chi connectivity index (χ3n) is 2.86. The molecule has 0 aliphatic heterocycles. The SMILES string of the molecule is O=C(Nc1ccc2[nH]c(=O)[nH]c2c1)c1cccc(Br)c1. The summed E-state index contributed by atoms with van der Waals surface area (Å²) in [6.45, 7) is 0. The highest BCUT2D eigenvalue weighted by molar-refractivity contribution is 9.10. The second kappa shape index (κ2) is 4.97. The molecular formula is C14H10BrN3O2. The van der Waals surface area contributed by atoms with Crippen molar-refractivity contribution in [3.8, 4) is 0 Å². The first kappa shape index (κ1) is 12.7. The van der Waals surface area contributed by atoms with E-state index in [0.717, 1.165) is 4.47 Å². The molecule has 0 atom stereocenters. The van der Waals surface area contributed by atoms with Gasteiger partial charge < -0.3 is 15.3 Å². The molecular weight excluding hydrogens is 322 g/mol. The summed E-state index contributed by atoms with van der Waals surface area (Å²) in [6.07, 6.45) is 0. The van der Waals surface area contributed by atoms with Crippen LogP contribution in [0.25, 0.3) is 11.0 Å². The van der Waals surface area contributed by atoms with Gasteiger partial charge in [0.25, 0.3) is 5.91 Å². The molecule has 3 aromatic rings. The van der Waals surface area contributed by atoms with Crippen molar-refractivity contribution < 1.29 is 4.79 Å². The first-order valence-corrected chi connectivity index (χ1v) is 6.70. The topological polar surface area (TPSA) is 77.8 Å². The fraction of sp³-hybridized carbons (Fsp3) is 0. The molecule has 0 fully saturated rings. The molecule has 1 heterocycles. The lowest BCUT2D eigenvalue weighted by molar-refractivity contribution is 0.102. The average molecular weight is 332 g/mol. The van der Waals surface area contributed by atoms with Crippen LogP contribution in [0.15, 0.2) is 51.7 Å². The van der Waals surface area contributed by atoms with Crippen molar-refractivity contribution in [2.75, 3.05) is 5.32 Å². The van der Waals surface area contributed by atoms with Crippen LogP contribution >= 0.6 is 15.9 Å². The molecule has 0 saturated heterocycles. The van der Waals surface area contributed by atoms with Gasteiger partial charge in [0.15, 0.2) is 0 Å². The maximum Gasteiger partial charge on any atom is 0.323 e.